The Morgan fingerprint density at radius 1 is 0.958 bits per heavy atom. The van der Waals surface area contributed by atoms with Crippen molar-refractivity contribution in [1.82, 2.24) is 15.2 Å². The number of nitrogens with zero attached hydrogens (tertiary/aromatic N) is 3. The molecule has 5 nitrogen and oxygen atoms in total. The summed E-state index contributed by atoms with van der Waals surface area (Å²) in [7, 11) is 0. The zero-order chi connectivity index (χ0) is 16.8. The number of benzene rings is 2. The van der Waals surface area contributed by atoms with Crippen LogP contribution >= 0.6 is 0 Å². The molecule has 3 aromatic rings. The molecule has 0 radical (unpaired) electrons. The summed E-state index contributed by atoms with van der Waals surface area (Å²) in [6.07, 6.45) is 2.55. The highest BCUT2D eigenvalue weighted by atomic mass is 19.1. The highest BCUT2D eigenvalue weighted by Crippen LogP contribution is 2.15. The standard InChI is InChI=1S/C18H18FN5/c1-2-13-5-9-16(10-6-13)22-18-23-17(12-21-24-18)20-11-14-3-7-15(19)8-4-14/h3-10,12H,2,11H2,1H3,(H2,20,22,23,24). The second-order valence-electron chi connectivity index (χ2n) is 5.32. The molecule has 0 saturated carbocycles. The van der Waals surface area contributed by atoms with Crippen molar-refractivity contribution in [2.75, 3.05) is 10.6 Å². The van der Waals surface area contributed by atoms with Crippen LogP contribution in [0.4, 0.5) is 21.8 Å². The van der Waals surface area contributed by atoms with E-state index in [1.54, 1.807) is 18.3 Å². The predicted octanol–water partition coefficient (Wildman–Crippen LogP) is 3.93. The Balaban J connectivity index is 1.63. The van der Waals surface area contributed by atoms with E-state index in [2.05, 4.69) is 44.9 Å². The van der Waals surface area contributed by atoms with Gasteiger partial charge in [0.1, 0.15) is 5.82 Å². The number of rotatable bonds is 6. The topological polar surface area (TPSA) is 62.7 Å². The molecule has 0 saturated heterocycles. The van der Waals surface area contributed by atoms with Crippen LogP contribution < -0.4 is 10.6 Å². The largest absolute Gasteiger partial charge is 0.365 e. The van der Waals surface area contributed by atoms with Gasteiger partial charge in [-0.15, -0.1) is 5.10 Å². The second-order valence-corrected chi connectivity index (χ2v) is 5.32. The van der Waals surface area contributed by atoms with E-state index in [1.165, 1.54) is 17.7 Å². The average Bonchev–Trinajstić information content (AvgIpc) is 2.62. The lowest BCUT2D eigenvalue weighted by Gasteiger charge is -2.08. The van der Waals surface area contributed by atoms with Gasteiger partial charge in [-0.2, -0.15) is 10.1 Å². The normalized spacial score (nSPS) is 10.4. The fourth-order valence-corrected chi connectivity index (χ4v) is 2.19. The van der Waals surface area contributed by atoms with Crippen molar-refractivity contribution in [3.63, 3.8) is 0 Å². The van der Waals surface area contributed by atoms with Crippen molar-refractivity contribution >= 4 is 17.5 Å². The lowest BCUT2D eigenvalue weighted by atomic mass is 10.1. The second kappa shape index (κ2) is 7.50. The van der Waals surface area contributed by atoms with Crippen molar-refractivity contribution in [3.05, 3.63) is 71.7 Å². The molecule has 0 aliphatic carbocycles. The van der Waals surface area contributed by atoms with Gasteiger partial charge in [0, 0.05) is 12.2 Å². The third-order valence-corrected chi connectivity index (χ3v) is 3.56. The molecule has 0 atom stereocenters. The van der Waals surface area contributed by atoms with Crippen molar-refractivity contribution in [2.24, 2.45) is 0 Å². The molecule has 0 fully saturated rings. The lowest BCUT2D eigenvalue weighted by molar-refractivity contribution is 0.627. The van der Waals surface area contributed by atoms with Crippen molar-refractivity contribution < 1.29 is 4.39 Å². The fourth-order valence-electron chi connectivity index (χ4n) is 2.19. The van der Waals surface area contributed by atoms with Crippen LogP contribution in [0.5, 0.6) is 0 Å². The zero-order valence-corrected chi connectivity index (χ0v) is 13.3. The minimum absolute atomic E-state index is 0.247. The van der Waals surface area contributed by atoms with Gasteiger partial charge in [0.15, 0.2) is 5.82 Å². The molecule has 3 rings (SSSR count). The number of anilines is 3. The molecule has 0 unspecified atom stereocenters. The van der Waals surface area contributed by atoms with Crippen molar-refractivity contribution in [2.45, 2.75) is 19.9 Å². The SMILES string of the molecule is CCc1ccc(Nc2nncc(NCc3ccc(F)cc3)n2)cc1. The number of nitrogens with one attached hydrogen (secondary N) is 2. The first-order valence-electron chi connectivity index (χ1n) is 7.77. The van der Waals surface area contributed by atoms with E-state index in [4.69, 9.17) is 0 Å². The lowest BCUT2D eigenvalue weighted by Crippen LogP contribution is -2.05. The first-order chi connectivity index (χ1) is 11.7. The smallest absolute Gasteiger partial charge is 0.249 e. The summed E-state index contributed by atoms with van der Waals surface area (Å²) in [4.78, 5) is 4.37. The van der Waals surface area contributed by atoms with Gasteiger partial charge in [0.2, 0.25) is 5.95 Å². The molecule has 24 heavy (non-hydrogen) atoms. The van der Waals surface area contributed by atoms with E-state index >= 15 is 0 Å². The van der Waals surface area contributed by atoms with Gasteiger partial charge in [-0.05, 0) is 41.8 Å². The molecule has 0 bridgehead atoms. The Kier molecular flexibility index (Phi) is 4.96. The Morgan fingerprint density at radius 3 is 2.38 bits per heavy atom. The number of halogens is 1. The number of hydrogen-bond acceptors (Lipinski definition) is 5. The summed E-state index contributed by atoms with van der Waals surface area (Å²) in [6.45, 7) is 2.65. The molecular formula is C18H18FN5. The van der Waals surface area contributed by atoms with Crippen LogP contribution in [0.2, 0.25) is 0 Å². The van der Waals surface area contributed by atoms with Crippen LogP contribution in [0.25, 0.3) is 0 Å². The molecular weight excluding hydrogens is 305 g/mol. The summed E-state index contributed by atoms with van der Waals surface area (Å²) in [5.41, 5.74) is 3.14. The van der Waals surface area contributed by atoms with E-state index < -0.39 is 0 Å². The molecule has 0 aliphatic heterocycles. The van der Waals surface area contributed by atoms with Gasteiger partial charge in [0.05, 0.1) is 6.20 Å². The zero-order valence-electron chi connectivity index (χ0n) is 13.3. The molecule has 1 heterocycles. The summed E-state index contributed by atoms with van der Waals surface area (Å²) < 4.78 is 12.9. The number of aromatic nitrogens is 3. The maximum absolute atomic E-state index is 12.9. The van der Waals surface area contributed by atoms with Crippen molar-refractivity contribution in [1.29, 1.82) is 0 Å². The van der Waals surface area contributed by atoms with Crippen LogP contribution in [-0.4, -0.2) is 15.2 Å². The highest BCUT2D eigenvalue weighted by Gasteiger charge is 2.02. The molecule has 0 aliphatic rings. The van der Waals surface area contributed by atoms with E-state index in [1.807, 2.05) is 12.1 Å². The Labute approximate surface area is 140 Å². The van der Waals surface area contributed by atoms with E-state index in [0.717, 1.165) is 17.7 Å². The van der Waals surface area contributed by atoms with Crippen LogP contribution in [0.1, 0.15) is 18.1 Å². The van der Waals surface area contributed by atoms with Crippen LogP contribution in [0.15, 0.2) is 54.7 Å². The molecule has 2 N–H and O–H groups in total. The van der Waals surface area contributed by atoms with Gasteiger partial charge < -0.3 is 10.6 Å². The van der Waals surface area contributed by atoms with Gasteiger partial charge in [-0.25, -0.2) is 4.39 Å². The Hall–Kier alpha value is -3.02. The average molecular weight is 323 g/mol. The molecule has 6 heteroatoms. The quantitative estimate of drug-likeness (QED) is 0.720. The van der Waals surface area contributed by atoms with Gasteiger partial charge >= 0.3 is 0 Å². The summed E-state index contributed by atoms with van der Waals surface area (Å²) in [6, 6.07) is 14.4. The third kappa shape index (κ3) is 4.25. The monoisotopic (exact) mass is 323 g/mol. The minimum atomic E-state index is -0.247. The van der Waals surface area contributed by atoms with E-state index in [0.29, 0.717) is 18.3 Å². The summed E-state index contributed by atoms with van der Waals surface area (Å²) >= 11 is 0. The third-order valence-electron chi connectivity index (χ3n) is 3.56. The van der Waals surface area contributed by atoms with Gasteiger partial charge in [-0.1, -0.05) is 31.2 Å². The van der Waals surface area contributed by atoms with E-state index in [9.17, 15) is 4.39 Å². The summed E-state index contributed by atoms with van der Waals surface area (Å²) in [5.74, 6) is 0.772. The molecule has 122 valence electrons. The molecule has 2 aromatic carbocycles. The van der Waals surface area contributed by atoms with Gasteiger partial charge in [-0.3, -0.25) is 0 Å². The molecule has 0 amide bonds. The fraction of sp³-hybridized carbons (Fsp3) is 0.167. The minimum Gasteiger partial charge on any atom is -0.365 e. The van der Waals surface area contributed by atoms with Gasteiger partial charge in [0.25, 0.3) is 0 Å². The number of aryl methyl sites for hydroxylation is 1. The highest BCUT2D eigenvalue weighted by molar-refractivity contribution is 5.54. The maximum atomic E-state index is 12.9. The van der Waals surface area contributed by atoms with E-state index in [-0.39, 0.29) is 5.82 Å². The Bertz CT molecular complexity index is 787. The van der Waals surface area contributed by atoms with Crippen molar-refractivity contribution in [3.8, 4) is 0 Å². The summed E-state index contributed by atoms with van der Waals surface area (Å²) in [5, 5.41) is 14.2. The first-order valence-corrected chi connectivity index (χ1v) is 7.77. The van der Waals surface area contributed by atoms with Crippen LogP contribution in [-0.2, 0) is 13.0 Å². The maximum Gasteiger partial charge on any atom is 0.249 e. The predicted molar refractivity (Wildman–Crippen MR) is 92.7 cm³/mol. The molecule has 1 aromatic heterocycles. The first kappa shape index (κ1) is 15.9. The Morgan fingerprint density at radius 2 is 1.67 bits per heavy atom. The molecule has 0 spiro atoms. The van der Waals surface area contributed by atoms with Crippen LogP contribution in [0.3, 0.4) is 0 Å². The van der Waals surface area contributed by atoms with Crippen LogP contribution in [0, 0.1) is 5.82 Å². The number of hydrogen-bond donors (Lipinski definition) is 2.